The molecule has 1 aliphatic heterocycles. The first-order valence-corrected chi connectivity index (χ1v) is 15.6. The maximum Gasteiger partial charge on any atom is 0.277 e. The average molecular weight is 622 g/mol. The number of benzene rings is 2. The van der Waals surface area contributed by atoms with E-state index < -0.39 is 22.9 Å². The predicted octanol–water partition coefficient (Wildman–Crippen LogP) is 4.45. The molecule has 2 aliphatic rings. The number of amides is 1. The van der Waals surface area contributed by atoms with Gasteiger partial charge >= 0.3 is 0 Å². The Bertz CT molecular complexity index is 1310. The first-order valence-electron chi connectivity index (χ1n) is 13.3. The van der Waals surface area contributed by atoms with Gasteiger partial charge in [-0.3, -0.25) is 14.5 Å². The summed E-state index contributed by atoms with van der Waals surface area (Å²) in [5.74, 6) is 0.848. The highest BCUT2D eigenvalue weighted by molar-refractivity contribution is 9.10. The fourth-order valence-corrected chi connectivity index (χ4v) is 6.17. The van der Waals surface area contributed by atoms with Gasteiger partial charge in [-0.15, -0.1) is 0 Å². The van der Waals surface area contributed by atoms with Gasteiger partial charge in [-0.2, -0.15) is 0 Å². The van der Waals surface area contributed by atoms with Crippen LogP contribution in [0.4, 0.5) is 15.8 Å². The number of halogens is 2. The van der Waals surface area contributed by atoms with E-state index in [4.69, 9.17) is 4.84 Å². The summed E-state index contributed by atoms with van der Waals surface area (Å²) in [6.07, 6.45) is 5.62. The maximum atomic E-state index is 15.9. The third kappa shape index (κ3) is 7.23. The van der Waals surface area contributed by atoms with Crippen molar-refractivity contribution in [1.82, 2.24) is 20.0 Å². The zero-order valence-electron chi connectivity index (χ0n) is 22.0. The molecule has 5 rings (SSSR count). The molecule has 3 aromatic rings. The van der Waals surface area contributed by atoms with Gasteiger partial charge in [-0.25, -0.2) is 19.5 Å². The molecular weight excluding hydrogens is 587 g/mol. The van der Waals surface area contributed by atoms with Crippen LogP contribution >= 0.6 is 15.9 Å². The van der Waals surface area contributed by atoms with E-state index in [1.54, 1.807) is 10.7 Å². The van der Waals surface area contributed by atoms with Gasteiger partial charge < -0.3 is 15.3 Å². The highest BCUT2D eigenvalue weighted by atomic mass is 79.9. The number of aryl methyl sites for hydroxylation is 1. The van der Waals surface area contributed by atoms with Crippen LogP contribution in [-0.4, -0.2) is 69.3 Å². The molecule has 12 heteroatoms. The Balaban J connectivity index is 1.31. The zero-order valence-corrected chi connectivity index (χ0v) is 24.4. The van der Waals surface area contributed by atoms with Crippen LogP contribution in [0.2, 0.25) is 0 Å². The first kappa shape index (κ1) is 28.2. The lowest BCUT2D eigenvalue weighted by Crippen LogP contribution is -2.40. The summed E-state index contributed by atoms with van der Waals surface area (Å²) < 4.78 is 30.0. The summed E-state index contributed by atoms with van der Waals surface area (Å²) in [4.78, 5) is 25.2. The molecule has 1 aliphatic carbocycles. The number of aromatic nitrogens is 2. The van der Waals surface area contributed by atoms with E-state index in [1.807, 2.05) is 25.1 Å². The number of fused-ring (bicyclic) bond motifs is 1. The molecule has 0 unspecified atom stereocenters. The monoisotopic (exact) mass is 620 g/mol. The molecule has 2 fully saturated rings. The van der Waals surface area contributed by atoms with Gasteiger partial charge in [0.15, 0.2) is 5.82 Å². The summed E-state index contributed by atoms with van der Waals surface area (Å²) in [5, 5.41) is 3.12. The molecule has 0 radical (unpaired) electrons. The van der Waals surface area contributed by atoms with Crippen molar-refractivity contribution >= 4 is 55.4 Å². The average Bonchev–Trinajstić information content (AvgIpc) is 3.65. The number of carbonyl (C=O) groups is 1. The minimum absolute atomic E-state index is 0.0492. The lowest BCUT2D eigenvalue weighted by molar-refractivity contribution is 0.0271. The lowest BCUT2D eigenvalue weighted by Gasteiger charge is -2.27. The predicted molar refractivity (Wildman–Crippen MR) is 156 cm³/mol. The minimum atomic E-state index is -0.666. The molecule has 210 valence electrons. The maximum absolute atomic E-state index is 15.9. The minimum Gasteiger partial charge on any atom is -0.616 e. The Labute approximate surface area is 239 Å². The molecule has 9 nitrogen and oxygen atoms in total. The molecular formula is C27H34BrFN6O3S. The van der Waals surface area contributed by atoms with E-state index in [1.165, 1.54) is 6.33 Å². The van der Waals surface area contributed by atoms with Crippen molar-refractivity contribution in [3.8, 4) is 0 Å². The summed E-state index contributed by atoms with van der Waals surface area (Å²) in [5.41, 5.74) is 8.17. The first-order chi connectivity index (χ1) is 18.9. The number of imidazole rings is 1. The van der Waals surface area contributed by atoms with Crippen LogP contribution in [0, 0.1) is 18.7 Å². The number of nitrogens with zero attached hydrogens (tertiary/aromatic N) is 3. The summed E-state index contributed by atoms with van der Waals surface area (Å²) >= 11 is 2.79. The molecule has 1 amide bonds. The fraction of sp³-hybridized carbons (Fsp3) is 0.481. The number of unbranched alkanes of at least 4 members (excludes halogenated alkanes) is 1. The molecule has 1 saturated heterocycles. The van der Waals surface area contributed by atoms with E-state index in [-0.39, 0.29) is 16.8 Å². The van der Waals surface area contributed by atoms with E-state index in [2.05, 4.69) is 42.0 Å². The molecule has 0 atom stereocenters. The summed E-state index contributed by atoms with van der Waals surface area (Å²) in [6.45, 7) is 5.76. The second kappa shape index (κ2) is 12.9. The van der Waals surface area contributed by atoms with Crippen LogP contribution in [0.25, 0.3) is 11.0 Å². The van der Waals surface area contributed by atoms with Gasteiger partial charge in [0.2, 0.25) is 0 Å². The van der Waals surface area contributed by atoms with Crippen molar-refractivity contribution in [1.29, 1.82) is 0 Å². The number of hydrogen-bond donors (Lipinski definition) is 3. The Morgan fingerprint density at radius 2 is 2.05 bits per heavy atom. The molecule has 1 saturated carbocycles. The topological polar surface area (TPSA) is 107 Å². The van der Waals surface area contributed by atoms with Crippen molar-refractivity contribution in [2.45, 2.75) is 32.6 Å². The number of carbonyl (C=O) groups excluding carboxylic acids is 1. The lowest BCUT2D eigenvalue weighted by atomic mass is 10.1. The number of hydroxylamine groups is 1. The summed E-state index contributed by atoms with van der Waals surface area (Å²) in [7, 11) is 0. The SMILES string of the molecule is Cc1cc(Br)ccc1Nc1c(C(=O)NOCC2CC2)cc2c(ncn2NCCCCN2CC[S+]([O-])CC2)c1F. The largest absolute Gasteiger partial charge is 0.616 e. The van der Waals surface area contributed by atoms with Gasteiger partial charge in [0.05, 0.1) is 23.4 Å². The third-order valence-electron chi connectivity index (χ3n) is 7.11. The standard InChI is InChI=1S/C27H34BrFN6O3S/c1-18-14-20(28)6-7-22(18)32-25-21(27(36)33-38-16-19-4-5-19)15-23-26(24(25)29)30-17-35(23)31-8-2-3-9-34-10-12-39(37)13-11-34/h6-7,14-15,17,19,31-32H,2-5,8-13,16H2,1H3,(H,33,36). The van der Waals surface area contributed by atoms with Crippen molar-refractivity contribution in [2.75, 3.05) is 55.0 Å². The quantitative estimate of drug-likeness (QED) is 0.156. The van der Waals surface area contributed by atoms with Crippen LogP contribution in [0.1, 0.15) is 41.6 Å². The number of anilines is 2. The van der Waals surface area contributed by atoms with Crippen LogP contribution in [0.5, 0.6) is 0 Å². The molecule has 0 spiro atoms. The van der Waals surface area contributed by atoms with E-state index >= 15 is 4.39 Å². The number of rotatable bonds is 12. The van der Waals surface area contributed by atoms with Gasteiger partial charge in [-0.1, -0.05) is 27.1 Å². The normalized spacial score (nSPS) is 16.5. The van der Waals surface area contributed by atoms with E-state index in [0.29, 0.717) is 30.3 Å². The van der Waals surface area contributed by atoms with Gasteiger partial charge in [-0.05, 0) is 74.9 Å². The Morgan fingerprint density at radius 1 is 1.26 bits per heavy atom. The second-order valence-corrected chi connectivity index (χ2v) is 12.8. The van der Waals surface area contributed by atoms with Crippen molar-refractivity contribution < 1.29 is 18.6 Å². The van der Waals surface area contributed by atoms with Crippen LogP contribution in [-0.2, 0) is 16.0 Å². The third-order valence-corrected chi connectivity index (χ3v) is 8.88. The van der Waals surface area contributed by atoms with Crippen molar-refractivity contribution in [2.24, 2.45) is 5.92 Å². The van der Waals surface area contributed by atoms with Crippen LogP contribution in [0.15, 0.2) is 35.1 Å². The highest BCUT2D eigenvalue weighted by Gasteiger charge is 2.25. The van der Waals surface area contributed by atoms with Crippen molar-refractivity contribution in [3.63, 3.8) is 0 Å². The fourth-order valence-electron chi connectivity index (χ4n) is 4.56. The molecule has 0 bridgehead atoms. The number of hydrogen-bond acceptors (Lipinski definition) is 7. The van der Waals surface area contributed by atoms with Gasteiger partial charge in [0.1, 0.15) is 23.3 Å². The number of nitrogens with one attached hydrogen (secondary N) is 3. The Hall–Kier alpha value is -2.38. The van der Waals surface area contributed by atoms with Gasteiger partial charge in [0.25, 0.3) is 5.91 Å². The zero-order chi connectivity index (χ0) is 27.4. The van der Waals surface area contributed by atoms with Crippen LogP contribution in [0.3, 0.4) is 0 Å². The Kier molecular flexibility index (Phi) is 9.28. The van der Waals surface area contributed by atoms with Crippen LogP contribution < -0.4 is 16.2 Å². The molecule has 1 aromatic heterocycles. The highest BCUT2D eigenvalue weighted by Crippen LogP contribution is 2.33. The smallest absolute Gasteiger partial charge is 0.277 e. The van der Waals surface area contributed by atoms with E-state index in [0.717, 1.165) is 66.9 Å². The van der Waals surface area contributed by atoms with Crippen molar-refractivity contribution in [3.05, 3.63) is 52.0 Å². The molecule has 3 N–H and O–H groups in total. The molecule has 2 heterocycles. The Morgan fingerprint density at radius 3 is 2.79 bits per heavy atom. The van der Waals surface area contributed by atoms with Gasteiger partial charge in [0, 0.05) is 29.8 Å². The van der Waals surface area contributed by atoms with E-state index in [9.17, 15) is 9.35 Å². The summed E-state index contributed by atoms with van der Waals surface area (Å²) in [6, 6.07) is 7.24. The molecule has 2 aromatic carbocycles. The second-order valence-electron chi connectivity index (χ2n) is 10.2. The molecule has 39 heavy (non-hydrogen) atoms.